The molecule has 128 valence electrons. The van der Waals surface area contributed by atoms with Crippen molar-refractivity contribution >= 4 is 12.6 Å². The molecule has 0 aliphatic carbocycles. The van der Waals surface area contributed by atoms with E-state index >= 15 is 0 Å². The van der Waals surface area contributed by atoms with Crippen LogP contribution < -0.4 is 4.74 Å². The smallest absolute Gasteiger partial charge is 0.0618 e. The summed E-state index contributed by atoms with van der Waals surface area (Å²) < 4.78 is 4.69. The first kappa shape index (κ1) is 44.3. The standard InChI is InChI=1S/C8H6O3.C7H4O3.6Y/c1-11-8-3-2-6(5-9)4-7(8)10;8-4-5-1-2-6(9)7(10)3-5;;;;;;/h2,5,10H,1H3;1,4,9-10H;;;;;;/q2*-2;;;;;;. The van der Waals surface area contributed by atoms with Crippen molar-refractivity contribution in [3.8, 4) is 23.0 Å². The second-order valence-corrected chi connectivity index (χ2v) is 3.55. The molecule has 12 heteroatoms. The Morgan fingerprint density at radius 3 is 1.48 bits per heavy atom. The summed E-state index contributed by atoms with van der Waals surface area (Å²) in [6.07, 6.45) is 1.09. The summed E-state index contributed by atoms with van der Waals surface area (Å²) in [5, 5.41) is 26.5. The van der Waals surface area contributed by atoms with E-state index in [0.29, 0.717) is 12.6 Å². The van der Waals surface area contributed by atoms with Crippen LogP contribution in [0.15, 0.2) is 12.1 Å². The van der Waals surface area contributed by atoms with Gasteiger partial charge in [0.05, 0.1) is 7.11 Å². The molecule has 0 unspecified atom stereocenters. The summed E-state index contributed by atoms with van der Waals surface area (Å²) in [4.78, 5) is 20.2. The fourth-order valence-corrected chi connectivity index (χ4v) is 1.17. The molecule has 0 saturated carbocycles. The molecule has 2 rings (SSSR count). The van der Waals surface area contributed by atoms with Crippen molar-refractivity contribution in [1.82, 2.24) is 0 Å². The van der Waals surface area contributed by atoms with Gasteiger partial charge in [0, 0.05) is 209 Å². The zero-order valence-electron chi connectivity index (χ0n) is 14.3. The Bertz CT molecular complexity index is 657. The molecule has 0 aliphatic rings. The number of benzene rings is 2. The quantitative estimate of drug-likeness (QED) is 0.246. The van der Waals surface area contributed by atoms with Crippen LogP contribution in [0, 0.1) is 24.3 Å². The summed E-state index contributed by atoms with van der Waals surface area (Å²) in [6, 6.07) is 12.1. The van der Waals surface area contributed by atoms with E-state index < -0.39 is 11.5 Å². The zero-order chi connectivity index (χ0) is 15.8. The van der Waals surface area contributed by atoms with Crippen LogP contribution in [0.1, 0.15) is 20.7 Å². The van der Waals surface area contributed by atoms with Crippen molar-refractivity contribution in [3.63, 3.8) is 0 Å². The molecule has 0 saturated heterocycles. The predicted octanol–water partition coefficient (Wildman–Crippen LogP) is 1.31. The van der Waals surface area contributed by atoms with Crippen molar-refractivity contribution in [2.24, 2.45) is 0 Å². The first-order valence-corrected chi connectivity index (χ1v) is 5.49. The molecule has 0 spiro atoms. The third-order valence-electron chi connectivity index (χ3n) is 2.15. The Labute approximate surface area is 309 Å². The van der Waals surface area contributed by atoms with Crippen LogP contribution in [0.5, 0.6) is 23.0 Å². The number of methoxy groups -OCH3 is 1. The van der Waals surface area contributed by atoms with E-state index in [1.165, 1.54) is 19.2 Å². The van der Waals surface area contributed by atoms with Gasteiger partial charge in [0.25, 0.3) is 0 Å². The van der Waals surface area contributed by atoms with Gasteiger partial charge < -0.3 is 29.6 Å². The van der Waals surface area contributed by atoms with Crippen molar-refractivity contribution in [1.29, 1.82) is 0 Å². The van der Waals surface area contributed by atoms with Crippen LogP contribution in [0.2, 0.25) is 0 Å². The molecule has 0 atom stereocenters. The molecule has 2 aromatic carbocycles. The fraction of sp³-hybridized carbons (Fsp3) is 0.0667. The zero-order valence-corrected chi connectivity index (χ0v) is 31.4. The molecule has 6 radical (unpaired) electrons. The van der Waals surface area contributed by atoms with Crippen LogP contribution in [-0.2, 0) is 196 Å². The van der Waals surface area contributed by atoms with Gasteiger partial charge in [-0.2, -0.15) is 0 Å². The van der Waals surface area contributed by atoms with E-state index in [1.807, 2.05) is 0 Å². The number of hydrogen-bond acceptors (Lipinski definition) is 6. The number of aldehydes is 2. The van der Waals surface area contributed by atoms with Gasteiger partial charge in [-0.05, 0) is 23.0 Å². The van der Waals surface area contributed by atoms with Crippen molar-refractivity contribution in [2.75, 3.05) is 7.11 Å². The van der Waals surface area contributed by atoms with Crippen molar-refractivity contribution < 1.29 is 226 Å². The van der Waals surface area contributed by atoms with Gasteiger partial charge in [0.2, 0.25) is 0 Å². The summed E-state index contributed by atoms with van der Waals surface area (Å²) >= 11 is 0. The number of ether oxygens (including phenoxy) is 1. The Morgan fingerprint density at radius 1 is 0.741 bits per heavy atom. The molecule has 6 nitrogen and oxygen atoms in total. The van der Waals surface area contributed by atoms with E-state index in [9.17, 15) is 9.59 Å². The second kappa shape index (κ2) is 25.9. The normalized spacial score (nSPS) is 7.15. The summed E-state index contributed by atoms with van der Waals surface area (Å²) in [7, 11) is 1.40. The SMILES string of the molecule is COc1[c-]cc(C=O)[c-]c1O.O=Cc1[c-]c(O)c(O)[c-]c1.[Y].[Y].[Y].[Y].[Y].[Y]. The van der Waals surface area contributed by atoms with Gasteiger partial charge in [-0.25, -0.2) is 35.4 Å². The summed E-state index contributed by atoms with van der Waals surface area (Å²) in [5.41, 5.74) is 0.415. The van der Waals surface area contributed by atoms with E-state index in [2.05, 4.69) is 24.3 Å². The maximum absolute atomic E-state index is 10.2. The van der Waals surface area contributed by atoms with Gasteiger partial charge in [-0.3, -0.25) is 12.1 Å². The van der Waals surface area contributed by atoms with Gasteiger partial charge in [0.15, 0.2) is 0 Å². The molecular formula is C15H10O6Y6-4. The minimum atomic E-state index is -0.454. The number of aromatic hydroxyl groups is 3. The van der Waals surface area contributed by atoms with Crippen molar-refractivity contribution in [3.05, 3.63) is 47.5 Å². The Hall–Kier alpha value is 3.60. The number of phenolic OH excluding ortho intramolecular Hbond substituents is 3. The Morgan fingerprint density at radius 2 is 1.15 bits per heavy atom. The molecule has 27 heavy (non-hydrogen) atoms. The maximum Gasteiger partial charge on any atom is 0.0618 e. The largest absolute Gasteiger partial charge is 0.581 e. The number of carbonyl (C=O) groups is 2. The average molecular weight is 820 g/mol. The molecule has 0 aromatic heterocycles. The van der Waals surface area contributed by atoms with Crippen LogP contribution in [0.3, 0.4) is 0 Å². The third-order valence-corrected chi connectivity index (χ3v) is 2.15. The summed E-state index contributed by atoms with van der Waals surface area (Å²) in [5.74, 6) is -0.858. The number of carbonyl (C=O) groups excluding carboxylic acids is 2. The monoisotopic (exact) mass is 819 g/mol. The molecule has 0 aliphatic heterocycles. The van der Waals surface area contributed by atoms with Gasteiger partial charge >= 0.3 is 0 Å². The van der Waals surface area contributed by atoms with E-state index in [-0.39, 0.29) is 219 Å². The second-order valence-electron chi connectivity index (χ2n) is 3.55. The van der Waals surface area contributed by atoms with Gasteiger partial charge in [0.1, 0.15) is 0 Å². The van der Waals surface area contributed by atoms with E-state index in [4.69, 9.17) is 20.1 Å². The Kier molecular flexibility index (Phi) is 42.4. The van der Waals surface area contributed by atoms with Crippen LogP contribution >= 0.6 is 0 Å². The molecule has 0 fully saturated rings. The number of phenols is 3. The van der Waals surface area contributed by atoms with Gasteiger partial charge in [-0.15, -0.1) is 0 Å². The first-order valence-electron chi connectivity index (χ1n) is 5.49. The molecule has 2 aromatic rings. The molecule has 0 heterocycles. The molecular weight excluding hydrogens is 810 g/mol. The minimum absolute atomic E-state index is 0. The molecule has 0 bridgehead atoms. The fourth-order valence-electron chi connectivity index (χ4n) is 1.17. The van der Waals surface area contributed by atoms with Gasteiger partial charge in [-0.1, -0.05) is 0 Å². The maximum atomic E-state index is 10.2. The van der Waals surface area contributed by atoms with E-state index in [1.54, 1.807) is 0 Å². The molecule has 3 N–H and O–H groups in total. The average Bonchev–Trinajstić information content (AvgIpc) is 2.50. The van der Waals surface area contributed by atoms with E-state index in [0.717, 1.165) is 0 Å². The first-order chi connectivity index (χ1) is 10.0. The molecule has 0 amide bonds. The topological polar surface area (TPSA) is 104 Å². The Balaban J connectivity index is -0.0000000670. The minimum Gasteiger partial charge on any atom is -0.581 e. The van der Waals surface area contributed by atoms with Crippen LogP contribution in [-0.4, -0.2) is 35.0 Å². The third kappa shape index (κ3) is 17.8. The summed E-state index contributed by atoms with van der Waals surface area (Å²) in [6.45, 7) is 0. The number of rotatable bonds is 3. The van der Waals surface area contributed by atoms with Crippen LogP contribution in [0.25, 0.3) is 0 Å². The van der Waals surface area contributed by atoms with Crippen LogP contribution in [0.4, 0.5) is 0 Å². The van der Waals surface area contributed by atoms with Crippen molar-refractivity contribution in [2.45, 2.75) is 0 Å². The predicted molar refractivity (Wildman–Crippen MR) is 70.5 cm³/mol. The number of hydrogen-bond donors (Lipinski definition) is 3.